The molecular formula is C20H24N4OS. The molecule has 4 rings (SSSR count). The fraction of sp³-hybridized carbons (Fsp3) is 0.450. The van der Waals surface area contributed by atoms with E-state index in [1.54, 1.807) is 6.33 Å². The van der Waals surface area contributed by atoms with Crippen LogP contribution in [0.4, 0.5) is 0 Å². The fourth-order valence-electron chi connectivity index (χ4n) is 3.86. The van der Waals surface area contributed by atoms with Crippen LogP contribution in [0.25, 0.3) is 21.9 Å². The fourth-order valence-corrected chi connectivity index (χ4v) is 4.70. The summed E-state index contributed by atoms with van der Waals surface area (Å²) in [7, 11) is 0. The summed E-state index contributed by atoms with van der Waals surface area (Å²) in [5.74, 6) is 0.650. The topological polar surface area (TPSA) is 61.9 Å². The van der Waals surface area contributed by atoms with E-state index >= 15 is 0 Å². The number of fused-ring (bicyclic) bond motifs is 3. The van der Waals surface area contributed by atoms with E-state index in [9.17, 15) is 4.79 Å². The Bertz CT molecular complexity index is 952. The molecule has 1 N–H and O–H groups in total. The molecule has 1 aliphatic heterocycles. The van der Waals surface area contributed by atoms with Gasteiger partial charge in [0.15, 0.2) is 0 Å². The number of rotatable bonds is 4. The van der Waals surface area contributed by atoms with Crippen molar-refractivity contribution in [1.82, 2.24) is 19.9 Å². The van der Waals surface area contributed by atoms with E-state index in [0.29, 0.717) is 11.8 Å². The van der Waals surface area contributed by atoms with Crippen molar-refractivity contribution in [3.05, 3.63) is 30.1 Å². The van der Waals surface area contributed by atoms with E-state index in [0.717, 1.165) is 52.8 Å². The Morgan fingerprint density at radius 2 is 2.23 bits per heavy atom. The Hall–Kier alpha value is -2.08. The summed E-state index contributed by atoms with van der Waals surface area (Å²) >= 11 is 1.51. The highest BCUT2D eigenvalue weighted by molar-refractivity contribution is 8.00. The summed E-state index contributed by atoms with van der Waals surface area (Å²) in [6.07, 6.45) is 6.12. The lowest BCUT2D eigenvalue weighted by molar-refractivity contribution is -0.132. The summed E-state index contributed by atoms with van der Waals surface area (Å²) < 4.78 is 0. The zero-order chi connectivity index (χ0) is 18.1. The highest BCUT2D eigenvalue weighted by Crippen LogP contribution is 2.30. The molecule has 0 aliphatic carbocycles. The SMILES string of the molecule is CCC1CCCCN1C(=O)CSc1ncnc2c1[nH]c1ccc(C)cc12. The molecule has 1 atom stereocenters. The number of likely N-dealkylation sites (tertiary alicyclic amines) is 1. The second kappa shape index (κ2) is 7.27. The molecule has 0 radical (unpaired) electrons. The average molecular weight is 369 g/mol. The first-order valence-corrected chi connectivity index (χ1v) is 10.3. The van der Waals surface area contributed by atoms with Gasteiger partial charge in [-0.2, -0.15) is 0 Å². The van der Waals surface area contributed by atoms with Gasteiger partial charge in [-0.05, 0) is 44.7 Å². The molecule has 0 bridgehead atoms. The number of piperidine rings is 1. The summed E-state index contributed by atoms with van der Waals surface area (Å²) in [5, 5.41) is 1.96. The van der Waals surface area contributed by atoms with Gasteiger partial charge >= 0.3 is 0 Å². The maximum Gasteiger partial charge on any atom is 0.233 e. The van der Waals surface area contributed by atoms with Gasteiger partial charge in [0.25, 0.3) is 0 Å². The zero-order valence-electron chi connectivity index (χ0n) is 15.3. The van der Waals surface area contributed by atoms with Crippen molar-refractivity contribution < 1.29 is 4.79 Å². The molecule has 0 spiro atoms. The highest BCUT2D eigenvalue weighted by atomic mass is 32.2. The van der Waals surface area contributed by atoms with Crippen molar-refractivity contribution in [3.63, 3.8) is 0 Å². The molecule has 1 fully saturated rings. The number of nitrogens with zero attached hydrogens (tertiary/aromatic N) is 3. The number of aryl methyl sites for hydroxylation is 1. The number of thioether (sulfide) groups is 1. The van der Waals surface area contributed by atoms with Gasteiger partial charge in [-0.25, -0.2) is 9.97 Å². The predicted molar refractivity (Wildman–Crippen MR) is 106 cm³/mol. The van der Waals surface area contributed by atoms with Crippen molar-refractivity contribution in [2.75, 3.05) is 12.3 Å². The third-order valence-corrected chi connectivity index (χ3v) is 6.23. The summed E-state index contributed by atoms with van der Waals surface area (Å²) in [6.45, 7) is 5.14. The Balaban J connectivity index is 1.57. The van der Waals surface area contributed by atoms with Crippen LogP contribution in [-0.4, -0.2) is 44.1 Å². The molecule has 1 aliphatic rings. The smallest absolute Gasteiger partial charge is 0.233 e. The van der Waals surface area contributed by atoms with E-state index in [2.05, 4.69) is 51.9 Å². The molecular weight excluding hydrogens is 344 g/mol. The van der Waals surface area contributed by atoms with E-state index in [1.807, 2.05) is 0 Å². The second-order valence-corrected chi connectivity index (χ2v) is 7.97. The molecule has 2 aromatic heterocycles. The van der Waals surface area contributed by atoms with Crippen LogP contribution in [0.3, 0.4) is 0 Å². The number of H-pyrrole nitrogens is 1. The van der Waals surface area contributed by atoms with Crippen LogP contribution in [-0.2, 0) is 4.79 Å². The average Bonchev–Trinajstić information content (AvgIpc) is 3.04. The molecule has 26 heavy (non-hydrogen) atoms. The number of amides is 1. The van der Waals surface area contributed by atoms with Gasteiger partial charge in [0.05, 0.1) is 11.3 Å². The van der Waals surface area contributed by atoms with Gasteiger partial charge in [-0.15, -0.1) is 0 Å². The quantitative estimate of drug-likeness (QED) is 0.551. The first-order chi connectivity index (χ1) is 12.7. The summed E-state index contributed by atoms with van der Waals surface area (Å²) in [4.78, 5) is 27.1. The Morgan fingerprint density at radius 1 is 1.35 bits per heavy atom. The van der Waals surface area contributed by atoms with Gasteiger partial charge in [0, 0.05) is 23.5 Å². The first kappa shape index (κ1) is 17.3. The normalized spacial score (nSPS) is 17.9. The Morgan fingerprint density at radius 3 is 3.08 bits per heavy atom. The van der Waals surface area contributed by atoms with Crippen molar-refractivity contribution in [2.45, 2.75) is 50.6 Å². The maximum absolute atomic E-state index is 12.7. The largest absolute Gasteiger partial charge is 0.351 e. The van der Waals surface area contributed by atoms with Gasteiger partial charge < -0.3 is 9.88 Å². The first-order valence-electron chi connectivity index (χ1n) is 9.32. The molecule has 136 valence electrons. The zero-order valence-corrected chi connectivity index (χ0v) is 16.1. The number of hydrogen-bond acceptors (Lipinski definition) is 4. The van der Waals surface area contributed by atoms with Gasteiger partial charge in [0.2, 0.25) is 5.91 Å². The summed E-state index contributed by atoms with van der Waals surface area (Å²) in [6, 6.07) is 6.70. The van der Waals surface area contributed by atoms with Crippen LogP contribution in [0.5, 0.6) is 0 Å². The van der Waals surface area contributed by atoms with Gasteiger partial charge in [-0.1, -0.05) is 30.3 Å². The van der Waals surface area contributed by atoms with Crippen molar-refractivity contribution >= 4 is 39.6 Å². The Labute approximate surface area is 157 Å². The molecule has 0 saturated carbocycles. The highest BCUT2D eigenvalue weighted by Gasteiger charge is 2.25. The minimum atomic E-state index is 0.222. The number of aromatic amines is 1. The van der Waals surface area contributed by atoms with Crippen LogP contribution in [0, 0.1) is 6.92 Å². The molecule has 6 heteroatoms. The predicted octanol–water partition coefficient (Wildman–Crippen LogP) is 4.30. The molecule has 1 unspecified atom stereocenters. The summed E-state index contributed by atoms with van der Waals surface area (Å²) in [5.41, 5.74) is 4.12. The third-order valence-electron chi connectivity index (χ3n) is 5.25. The second-order valence-electron chi connectivity index (χ2n) is 7.01. The standard InChI is InChI=1S/C20H24N4OS/c1-3-14-6-4-5-9-24(14)17(25)11-26-20-19-18(21-12-22-20)15-10-13(2)7-8-16(15)23-19/h7-8,10,12,14,23H,3-6,9,11H2,1-2H3. The number of aromatic nitrogens is 3. The van der Waals surface area contributed by atoms with Crippen LogP contribution in [0.2, 0.25) is 0 Å². The maximum atomic E-state index is 12.7. The van der Waals surface area contributed by atoms with Gasteiger partial charge in [0.1, 0.15) is 16.9 Å². The number of carbonyl (C=O) groups excluding carboxylic acids is 1. The van der Waals surface area contributed by atoms with Crippen molar-refractivity contribution in [3.8, 4) is 0 Å². The number of nitrogens with one attached hydrogen (secondary N) is 1. The molecule has 3 heterocycles. The molecule has 1 amide bonds. The van der Waals surface area contributed by atoms with Crippen LogP contribution in [0.15, 0.2) is 29.6 Å². The lowest BCUT2D eigenvalue weighted by atomic mass is 10.0. The lowest BCUT2D eigenvalue weighted by Gasteiger charge is -2.35. The number of hydrogen-bond donors (Lipinski definition) is 1. The molecule has 5 nitrogen and oxygen atoms in total. The van der Waals surface area contributed by atoms with Crippen LogP contribution in [0.1, 0.15) is 38.2 Å². The Kier molecular flexibility index (Phi) is 4.85. The van der Waals surface area contributed by atoms with E-state index < -0.39 is 0 Å². The number of benzene rings is 1. The molecule has 1 saturated heterocycles. The minimum absolute atomic E-state index is 0.222. The number of carbonyl (C=O) groups is 1. The lowest BCUT2D eigenvalue weighted by Crippen LogP contribution is -2.44. The van der Waals surface area contributed by atoms with Crippen molar-refractivity contribution in [2.24, 2.45) is 0 Å². The van der Waals surface area contributed by atoms with Crippen LogP contribution < -0.4 is 0 Å². The van der Waals surface area contributed by atoms with Crippen molar-refractivity contribution in [1.29, 1.82) is 0 Å². The van der Waals surface area contributed by atoms with E-state index in [1.165, 1.54) is 23.7 Å². The third kappa shape index (κ3) is 3.18. The van der Waals surface area contributed by atoms with E-state index in [-0.39, 0.29) is 5.91 Å². The minimum Gasteiger partial charge on any atom is -0.351 e. The monoisotopic (exact) mass is 368 g/mol. The van der Waals surface area contributed by atoms with Gasteiger partial charge in [-0.3, -0.25) is 4.79 Å². The molecule has 1 aromatic carbocycles. The van der Waals surface area contributed by atoms with E-state index in [4.69, 9.17) is 0 Å². The molecule has 3 aromatic rings. The van der Waals surface area contributed by atoms with Crippen LogP contribution >= 0.6 is 11.8 Å².